The third-order valence-electron chi connectivity index (χ3n) is 12.7. The van der Waals surface area contributed by atoms with E-state index in [1.165, 1.54) is 109 Å². The molecule has 0 aromatic heterocycles. The number of Topliss-reactive ketones (excluding diaryl/α,β-unsaturated/α-hetero) is 1. The number of aliphatic hydroxyl groups excluding tert-OH is 1. The monoisotopic (exact) mass is 862 g/mol. The van der Waals surface area contributed by atoms with Crippen molar-refractivity contribution in [3.8, 4) is 0 Å². The molecule has 9 nitrogen and oxygen atoms in total. The maximum Gasteiger partial charge on any atom is 0.306 e. The zero-order valence-corrected chi connectivity index (χ0v) is 40.7. The number of hydrogen-bond acceptors (Lipinski definition) is 9. The highest BCUT2D eigenvalue weighted by atomic mass is 16.5. The largest absolute Gasteiger partial charge is 0.462 e. The molecule has 2 atom stereocenters. The fourth-order valence-corrected chi connectivity index (χ4v) is 8.58. The van der Waals surface area contributed by atoms with Gasteiger partial charge in [0.2, 0.25) is 5.78 Å². The quantitative estimate of drug-likeness (QED) is 0.0406. The third kappa shape index (κ3) is 30.6. The van der Waals surface area contributed by atoms with Crippen LogP contribution in [-0.4, -0.2) is 79.3 Å². The van der Waals surface area contributed by atoms with Gasteiger partial charge in [0.25, 0.3) is 0 Å². The minimum atomic E-state index is -1.02. The van der Waals surface area contributed by atoms with Crippen molar-refractivity contribution in [3.05, 3.63) is 11.4 Å². The van der Waals surface area contributed by atoms with E-state index in [4.69, 9.17) is 9.47 Å². The lowest BCUT2D eigenvalue weighted by Gasteiger charge is -2.29. The number of ether oxygens (including phenoxy) is 2. The number of rotatable bonds is 46. The lowest BCUT2D eigenvalue weighted by Crippen LogP contribution is -2.47. The Morgan fingerprint density at radius 3 is 1.36 bits per heavy atom. The van der Waals surface area contributed by atoms with Gasteiger partial charge in [0, 0.05) is 26.4 Å². The molecule has 1 rings (SSSR count). The van der Waals surface area contributed by atoms with Crippen LogP contribution >= 0.6 is 0 Å². The summed E-state index contributed by atoms with van der Waals surface area (Å²) in [5.74, 6) is -0.261. The van der Waals surface area contributed by atoms with E-state index in [1.54, 1.807) is 7.05 Å². The molecule has 0 fully saturated rings. The van der Waals surface area contributed by atoms with Gasteiger partial charge in [0.15, 0.2) is 6.10 Å². The van der Waals surface area contributed by atoms with Gasteiger partial charge in [-0.05, 0) is 96.7 Å². The Balaban J connectivity index is 2.40. The second-order valence-corrected chi connectivity index (χ2v) is 18.3. The highest BCUT2D eigenvalue weighted by molar-refractivity contribution is 6.07. The van der Waals surface area contributed by atoms with Gasteiger partial charge in [-0.3, -0.25) is 14.4 Å². The zero-order valence-electron chi connectivity index (χ0n) is 40.7. The van der Waals surface area contributed by atoms with Crippen molar-refractivity contribution < 1.29 is 29.0 Å². The van der Waals surface area contributed by atoms with Gasteiger partial charge in [0.05, 0.1) is 5.70 Å². The van der Waals surface area contributed by atoms with Gasteiger partial charge >= 0.3 is 11.9 Å². The van der Waals surface area contributed by atoms with Crippen molar-refractivity contribution in [3.63, 3.8) is 0 Å². The molecule has 1 aliphatic rings. The van der Waals surface area contributed by atoms with Crippen molar-refractivity contribution in [2.24, 2.45) is 0 Å². The van der Waals surface area contributed by atoms with E-state index in [0.29, 0.717) is 30.8 Å². The Morgan fingerprint density at radius 1 is 0.541 bits per heavy atom. The first-order chi connectivity index (χ1) is 29.8. The van der Waals surface area contributed by atoms with Crippen LogP contribution in [0.5, 0.6) is 0 Å². The number of nitrogens with zero attached hydrogens (tertiary/aromatic N) is 1. The molecule has 0 bridgehead atoms. The lowest BCUT2D eigenvalue weighted by molar-refractivity contribution is -0.150. The molecule has 0 spiro atoms. The van der Waals surface area contributed by atoms with Crippen LogP contribution in [0.4, 0.5) is 0 Å². The Labute approximate surface area is 376 Å². The molecular formula is C52H99N3O6. The van der Waals surface area contributed by atoms with Crippen molar-refractivity contribution in [1.82, 2.24) is 15.5 Å². The van der Waals surface area contributed by atoms with Crippen molar-refractivity contribution >= 4 is 17.7 Å². The number of unbranched alkanes of at least 4 members (excludes halogenated alkanes) is 23. The fraction of sp³-hybridized carbons (Fsp3) is 0.904. The van der Waals surface area contributed by atoms with Crippen LogP contribution in [-0.2, 0) is 23.9 Å². The Morgan fingerprint density at radius 2 is 0.918 bits per heavy atom. The average molecular weight is 862 g/mol. The van der Waals surface area contributed by atoms with Crippen LogP contribution in [0.3, 0.4) is 0 Å². The van der Waals surface area contributed by atoms with Crippen LogP contribution in [0.2, 0.25) is 0 Å². The van der Waals surface area contributed by atoms with E-state index in [-0.39, 0.29) is 29.9 Å². The molecule has 0 amide bonds. The highest BCUT2D eigenvalue weighted by Gasteiger charge is 2.37. The Hall–Kier alpha value is -2.13. The normalized spacial score (nSPS) is 14.5. The number of nitrogens with one attached hydrogen (secondary N) is 2. The van der Waals surface area contributed by atoms with Gasteiger partial charge in [-0.15, -0.1) is 0 Å². The van der Waals surface area contributed by atoms with Crippen molar-refractivity contribution in [2.45, 2.75) is 271 Å². The summed E-state index contributed by atoms with van der Waals surface area (Å²) in [5, 5.41) is 16.1. The first-order valence-electron chi connectivity index (χ1n) is 26.3. The number of ketones is 1. The lowest BCUT2D eigenvalue weighted by atomic mass is 9.95. The minimum absolute atomic E-state index is 0.00123. The topological polar surface area (TPSA) is 117 Å². The summed E-state index contributed by atoms with van der Waals surface area (Å²) in [6, 6.07) is 0. The van der Waals surface area contributed by atoms with E-state index in [9.17, 15) is 19.5 Å². The molecule has 0 aromatic carbocycles. The van der Waals surface area contributed by atoms with E-state index in [2.05, 4.69) is 43.2 Å². The SMILES string of the molecule is CCCCCCCCC(CC)OC(=O)CCCCCCCN(CCCCCCCC(=O)OC(CCCCCCCC)CCCCCCCC)CCCNC1=C(NC)C(O)C1=O. The Bertz CT molecular complexity index is 1080. The van der Waals surface area contributed by atoms with Crippen LogP contribution in [0.1, 0.15) is 252 Å². The molecule has 61 heavy (non-hydrogen) atoms. The van der Waals surface area contributed by atoms with Gasteiger partial charge in [-0.2, -0.15) is 0 Å². The number of aliphatic hydroxyl groups is 1. The molecule has 358 valence electrons. The summed E-state index contributed by atoms with van der Waals surface area (Å²) in [7, 11) is 1.73. The molecule has 9 heteroatoms. The molecule has 0 saturated heterocycles. The minimum Gasteiger partial charge on any atom is -0.462 e. The number of likely N-dealkylation sites (N-methyl/N-ethyl adjacent to an activating group) is 1. The van der Waals surface area contributed by atoms with Gasteiger partial charge < -0.3 is 30.1 Å². The van der Waals surface area contributed by atoms with Crippen LogP contribution < -0.4 is 10.6 Å². The Kier molecular flexibility index (Phi) is 37.9. The molecule has 3 N–H and O–H groups in total. The number of carbonyl (C=O) groups is 3. The predicted octanol–water partition coefficient (Wildman–Crippen LogP) is 12.8. The third-order valence-corrected chi connectivity index (χ3v) is 12.7. The number of esters is 2. The summed E-state index contributed by atoms with van der Waals surface area (Å²) < 4.78 is 11.9. The maximum absolute atomic E-state index is 12.9. The first-order valence-corrected chi connectivity index (χ1v) is 26.3. The van der Waals surface area contributed by atoms with Gasteiger partial charge in [-0.1, -0.05) is 163 Å². The molecule has 0 aliphatic heterocycles. The van der Waals surface area contributed by atoms with Gasteiger partial charge in [0.1, 0.15) is 17.9 Å². The highest BCUT2D eigenvalue weighted by Crippen LogP contribution is 2.21. The van der Waals surface area contributed by atoms with Crippen LogP contribution in [0.15, 0.2) is 11.4 Å². The zero-order chi connectivity index (χ0) is 44.6. The second-order valence-electron chi connectivity index (χ2n) is 18.3. The summed E-state index contributed by atoms with van der Waals surface area (Å²) in [6.45, 7) is 12.6. The van der Waals surface area contributed by atoms with E-state index in [0.717, 1.165) is 122 Å². The number of carbonyl (C=O) groups excluding carboxylic acids is 3. The summed E-state index contributed by atoms with van der Waals surface area (Å²) in [6.07, 6.45) is 38.6. The van der Waals surface area contributed by atoms with Crippen molar-refractivity contribution in [1.29, 1.82) is 0 Å². The van der Waals surface area contributed by atoms with Gasteiger partial charge in [-0.25, -0.2) is 0 Å². The summed E-state index contributed by atoms with van der Waals surface area (Å²) >= 11 is 0. The molecule has 0 radical (unpaired) electrons. The van der Waals surface area contributed by atoms with E-state index >= 15 is 0 Å². The molecular weight excluding hydrogens is 763 g/mol. The van der Waals surface area contributed by atoms with Crippen molar-refractivity contribution in [2.75, 3.05) is 33.2 Å². The van der Waals surface area contributed by atoms with Crippen LogP contribution in [0.25, 0.3) is 0 Å². The molecule has 2 unspecified atom stereocenters. The average Bonchev–Trinajstić information content (AvgIpc) is 3.26. The summed E-state index contributed by atoms with van der Waals surface area (Å²) in [4.78, 5) is 40.0. The number of hydrogen-bond donors (Lipinski definition) is 3. The standard InChI is InChI=1S/C52H99N3O6/c1-6-10-13-16-21-28-36-45(9-4)60-47(56)39-31-24-19-26-33-42-55(44-35-41-54-50-49(53-5)51(58)52(50)59)43-34-27-20-25-32-40-48(57)61-46(37-29-22-17-14-11-7-2)38-30-23-18-15-12-8-3/h45-46,51,53-54,58H,6-44H2,1-5H3. The molecule has 0 heterocycles. The first kappa shape index (κ1) is 56.9. The molecule has 0 aromatic rings. The van der Waals surface area contributed by atoms with Crippen LogP contribution in [0, 0.1) is 0 Å². The molecule has 0 saturated carbocycles. The predicted molar refractivity (Wildman–Crippen MR) is 256 cm³/mol. The smallest absolute Gasteiger partial charge is 0.306 e. The van der Waals surface area contributed by atoms with E-state index < -0.39 is 6.10 Å². The fourth-order valence-electron chi connectivity index (χ4n) is 8.58. The maximum atomic E-state index is 12.9. The van der Waals surface area contributed by atoms with E-state index in [1.807, 2.05) is 0 Å². The summed E-state index contributed by atoms with van der Waals surface area (Å²) in [5.41, 5.74) is 1.10. The second kappa shape index (κ2) is 40.6. The molecule has 1 aliphatic carbocycles.